The van der Waals surface area contributed by atoms with Gasteiger partial charge in [0.2, 0.25) is 11.8 Å². The lowest BCUT2D eigenvalue weighted by atomic mass is 10.1. The van der Waals surface area contributed by atoms with Gasteiger partial charge in [-0.25, -0.2) is 4.52 Å². The zero-order chi connectivity index (χ0) is 18.8. The van der Waals surface area contributed by atoms with Gasteiger partial charge in [0, 0.05) is 31.9 Å². The van der Waals surface area contributed by atoms with Gasteiger partial charge in [-0.2, -0.15) is 5.10 Å². The van der Waals surface area contributed by atoms with Crippen LogP contribution in [0.2, 0.25) is 0 Å². The van der Waals surface area contributed by atoms with Crippen LogP contribution in [0.1, 0.15) is 12.0 Å². The first-order valence-corrected chi connectivity index (χ1v) is 8.79. The highest BCUT2D eigenvalue weighted by molar-refractivity contribution is 6.01. The number of carbonyl (C=O) groups is 2. The zero-order valence-electron chi connectivity index (χ0n) is 15.0. The molecule has 138 valence electrons. The molecule has 1 N–H and O–H groups in total. The number of nitrogens with one attached hydrogen (secondary N) is 1. The molecule has 27 heavy (non-hydrogen) atoms. The van der Waals surface area contributed by atoms with Crippen LogP contribution in [0, 0.1) is 5.92 Å². The number of ether oxygens (including phenoxy) is 1. The summed E-state index contributed by atoms with van der Waals surface area (Å²) in [7, 11) is 1.57. The number of para-hydroxylation sites is 2. The van der Waals surface area contributed by atoms with Crippen LogP contribution in [0.15, 0.2) is 54.9 Å². The van der Waals surface area contributed by atoms with Crippen molar-refractivity contribution in [3.8, 4) is 5.75 Å². The molecular formula is C20H20N4O3. The molecule has 7 heteroatoms. The van der Waals surface area contributed by atoms with E-state index in [0.29, 0.717) is 24.5 Å². The van der Waals surface area contributed by atoms with E-state index in [2.05, 4.69) is 10.4 Å². The summed E-state index contributed by atoms with van der Waals surface area (Å²) >= 11 is 0. The molecule has 0 bridgehead atoms. The number of nitrogens with zero attached hydrogens (tertiary/aromatic N) is 3. The average Bonchev–Trinajstić information content (AvgIpc) is 3.32. The number of aromatic nitrogens is 2. The van der Waals surface area contributed by atoms with Crippen molar-refractivity contribution < 1.29 is 14.3 Å². The minimum Gasteiger partial charge on any atom is -0.495 e. The lowest BCUT2D eigenvalue weighted by Crippen LogP contribution is -2.32. The van der Waals surface area contributed by atoms with Gasteiger partial charge in [0.25, 0.3) is 0 Å². The highest BCUT2D eigenvalue weighted by atomic mass is 16.5. The number of benzene rings is 1. The highest BCUT2D eigenvalue weighted by Gasteiger charge is 2.36. The predicted octanol–water partition coefficient (Wildman–Crippen LogP) is 2.01. The average molecular weight is 364 g/mol. The fraction of sp³-hybridized carbons (Fsp3) is 0.250. The number of anilines is 1. The molecule has 1 unspecified atom stereocenters. The Labute approximate surface area is 156 Å². The Morgan fingerprint density at radius 2 is 2.11 bits per heavy atom. The molecular weight excluding hydrogens is 344 g/mol. The van der Waals surface area contributed by atoms with Crippen molar-refractivity contribution in [1.82, 2.24) is 14.9 Å². The number of amides is 2. The molecule has 0 aliphatic carbocycles. The van der Waals surface area contributed by atoms with Gasteiger partial charge >= 0.3 is 0 Å². The number of pyridine rings is 1. The van der Waals surface area contributed by atoms with Gasteiger partial charge in [-0.15, -0.1) is 0 Å². The quantitative estimate of drug-likeness (QED) is 0.751. The molecule has 1 saturated heterocycles. The Hall–Kier alpha value is -3.35. The minimum absolute atomic E-state index is 0.0717. The van der Waals surface area contributed by atoms with Crippen molar-refractivity contribution >= 4 is 23.0 Å². The Kier molecular flexibility index (Phi) is 4.50. The highest BCUT2D eigenvalue weighted by Crippen LogP contribution is 2.32. The predicted molar refractivity (Wildman–Crippen MR) is 100 cm³/mol. The van der Waals surface area contributed by atoms with Crippen LogP contribution in [0.5, 0.6) is 5.75 Å². The fourth-order valence-corrected chi connectivity index (χ4v) is 3.46. The van der Waals surface area contributed by atoms with Gasteiger partial charge in [-0.3, -0.25) is 9.59 Å². The van der Waals surface area contributed by atoms with Crippen molar-refractivity contribution in [2.75, 3.05) is 18.6 Å². The van der Waals surface area contributed by atoms with E-state index < -0.39 is 0 Å². The molecule has 2 aromatic heterocycles. The number of hydrogen-bond donors (Lipinski definition) is 1. The largest absolute Gasteiger partial charge is 0.495 e. The van der Waals surface area contributed by atoms with Crippen molar-refractivity contribution in [2.45, 2.75) is 13.0 Å². The van der Waals surface area contributed by atoms with Crippen molar-refractivity contribution in [3.63, 3.8) is 0 Å². The van der Waals surface area contributed by atoms with Crippen LogP contribution >= 0.6 is 0 Å². The molecule has 0 saturated carbocycles. The first-order valence-electron chi connectivity index (χ1n) is 8.79. The van der Waals surface area contributed by atoms with Crippen LogP contribution in [0.4, 0.5) is 5.69 Å². The van der Waals surface area contributed by atoms with E-state index >= 15 is 0 Å². The maximum absolute atomic E-state index is 12.6. The summed E-state index contributed by atoms with van der Waals surface area (Å²) in [5.41, 5.74) is 2.63. The molecule has 3 heterocycles. The van der Waals surface area contributed by atoms with Crippen LogP contribution in [-0.2, 0) is 16.1 Å². The topological polar surface area (TPSA) is 75.9 Å². The molecule has 0 radical (unpaired) electrons. The van der Waals surface area contributed by atoms with Crippen LogP contribution in [0.3, 0.4) is 0 Å². The normalized spacial score (nSPS) is 16.7. The monoisotopic (exact) mass is 364 g/mol. The van der Waals surface area contributed by atoms with E-state index in [1.165, 1.54) is 0 Å². The number of methoxy groups -OCH3 is 1. The molecule has 2 amide bonds. The number of rotatable bonds is 5. The van der Waals surface area contributed by atoms with Gasteiger partial charge in [0.15, 0.2) is 0 Å². The smallest absolute Gasteiger partial charge is 0.227 e. The third kappa shape index (κ3) is 3.23. The molecule has 7 nitrogen and oxygen atoms in total. The molecule has 1 aliphatic rings. The summed E-state index contributed by atoms with van der Waals surface area (Å²) in [6.45, 7) is 0.746. The van der Waals surface area contributed by atoms with E-state index in [-0.39, 0.29) is 24.2 Å². The number of carbonyl (C=O) groups excluding carboxylic acids is 2. The lowest BCUT2D eigenvalue weighted by Gasteiger charge is -2.19. The van der Waals surface area contributed by atoms with E-state index in [1.54, 1.807) is 22.7 Å². The Morgan fingerprint density at radius 3 is 2.96 bits per heavy atom. The fourth-order valence-electron chi connectivity index (χ4n) is 3.46. The summed E-state index contributed by atoms with van der Waals surface area (Å²) in [4.78, 5) is 26.7. The van der Waals surface area contributed by atoms with Crippen molar-refractivity contribution in [1.29, 1.82) is 0 Å². The van der Waals surface area contributed by atoms with Crippen LogP contribution in [0.25, 0.3) is 5.52 Å². The van der Waals surface area contributed by atoms with E-state index in [0.717, 1.165) is 11.1 Å². The molecule has 3 aromatic rings. The van der Waals surface area contributed by atoms with E-state index in [4.69, 9.17) is 4.74 Å². The summed E-state index contributed by atoms with van der Waals surface area (Å²) in [5, 5.41) is 7.15. The van der Waals surface area contributed by atoms with Gasteiger partial charge in [0.1, 0.15) is 5.75 Å². The van der Waals surface area contributed by atoms with Gasteiger partial charge < -0.3 is 15.0 Å². The van der Waals surface area contributed by atoms with Crippen LogP contribution in [-0.4, -0.2) is 35.1 Å². The summed E-state index contributed by atoms with van der Waals surface area (Å²) < 4.78 is 7.11. The maximum atomic E-state index is 12.6. The molecule has 4 rings (SSSR count). The van der Waals surface area contributed by atoms with Gasteiger partial charge in [-0.1, -0.05) is 18.2 Å². The molecule has 1 aliphatic heterocycles. The standard InChI is InChI=1S/C20H20N4O3/c1-27-18-7-3-2-6-17(18)23-13-15(11-19(23)25)20(26)21-12-14-5-4-10-24-16(14)8-9-22-24/h2-10,15H,11-13H2,1H3,(H,21,26). The van der Waals surface area contributed by atoms with Gasteiger partial charge in [-0.05, 0) is 29.8 Å². The Morgan fingerprint density at radius 1 is 1.26 bits per heavy atom. The van der Waals surface area contributed by atoms with E-state index in [9.17, 15) is 9.59 Å². The number of hydrogen-bond acceptors (Lipinski definition) is 4. The molecule has 1 fully saturated rings. The Bertz CT molecular complexity index is 998. The third-order valence-corrected chi connectivity index (χ3v) is 4.85. The second-order valence-electron chi connectivity index (χ2n) is 6.49. The summed E-state index contributed by atoms with van der Waals surface area (Å²) in [6, 6.07) is 13.1. The minimum atomic E-state index is -0.382. The van der Waals surface area contributed by atoms with Crippen molar-refractivity contribution in [3.05, 3.63) is 60.4 Å². The molecule has 1 atom stereocenters. The molecule has 1 aromatic carbocycles. The Balaban J connectivity index is 1.44. The lowest BCUT2D eigenvalue weighted by molar-refractivity contribution is -0.126. The summed E-state index contributed by atoms with van der Waals surface area (Å²) in [6.07, 6.45) is 3.78. The van der Waals surface area contributed by atoms with E-state index in [1.807, 2.05) is 48.7 Å². The summed E-state index contributed by atoms with van der Waals surface area (Å²) in [5.74, 6) is 0.0474. The number of fused-ring (bicyclic) bond motifs is 1. The van der Waals surface area contributed by atoms with Crippen molar-refractivity contribution in [2.24, 2.45) is 5.92 Å². The first-order chi connectivity index (χ1) is 13.2. The second-order valence-corrected chi connectivity index (χ2v) is 6.49. The van der Waals surface area contributed by atoms with Gasteiger partial charge in [0.05, 0.1) is 24.2 Å². The second kappa shape index (κ2) is 7.11. The molecule has 0 spiro atoms. The maximum Gasteiger partial charge on any atom is 0.227 e. The van der Waals surface area contributed by atoms with Crippen LogP contribution < -0.4 is 15.0 Å². The SMILES string of the molecule is COc1ccccc1N1CC(C(=O)NCc2cccn3nccc23)CC1=O. The zero-order valence-corrected chi connectivity index (χ0v) is 15.0. The first kappa shape index (κ1) is 17.1. The third-order valence-electron chi connectivity index (χ3n) is 4.85.